The van der Waals surface area contributed by atoms with E-state index >= 15 is 0 Å². The van der Waals surface area contributed by atoms with E-state index in [1.165, 1.54) is 0 Å². The Morgan fingerprint density at radius 3 is 2.53 bits per heavy atom. The number of nitrogens with zero attached hydrogens (tertiary/aromatic N) is 1. The molecule has 0 aromatic carbocycles. The molecule has 2 saturated heterocycles. The van der Waals surface area contributed by atoms with Crippen molar-refractivity contribution in [2.24, 2.45) is 5.41 Å². The second-order valence-electron chi connectivity index (χ2n) is 4.98. The van der Waals surface area contributed by atoms with Gasteiger partial charge in [0.1, 0.15) is 6.42 Å². The fraction of sp³-hybridized carbons (Fsp3) is 0.833. The molecule has 0 unspecified atom stereocenters. The molecule has 0 saturated carbocycles. The van der Waals surface area contributed by atoms with Gasteiger partial charge in [-0.15, -0.1) is 0 Å². The molecule has 5 heteroatoms. The molecule has 1 N–H and O–H groups in total. The molecule has 2 aliphatic heterocycles. The molecule has 0 atom stereocenters. The zero-order chi connectivity index (χ0) is 12.3. The number of carbonyl (C=O) groups excluding carboxylic acids is 2. The molecule has 1 amide bonds. The Labute approximate surface area is 101 Å². The number of rotatable bonds is 3. The van der Waals surface area contributed by atoms with Crippen LogP contribution in [-0.4, -0.2) is 49.6 Å². The van der Waals surface area contributed by atoms with Crippen LogP contribution < -0.4 is 5.32 Å². The van der Waals surface area contributed by atoms with Crippen LogP contribution in [0.25, 0.3) is 0 Å². The lowest BCUT2D eigenvalue weighted by atomic mass is 9.72. The van der Waals surface area contributed by atoms with Crippen molar-refractivity contribution < 1.29 is 14.3 Å². The van der Waals surface area contributed by atoms with Crippen molar-refractivity contribution in [1.82, 2.24) is 10.2 Å². The van der Waals surface area contributed by atoms with Gasteiger partial charge < -0.3 is 15.0 Å². The first-order valence-electron chi connectivity index (χ1n) is 6.29. The van der Waals surface area contributed by atoms with Gasteiger partial charge in [-0.2, -0.15) is 0 Å². The lowest BCUT2D eigenvalue weighted by molar-refractivity contribution is -0.154. The first kappa shape index (κ1) is 12.4. The predicted molar refractivity (Wildman–Crippen MR) is 62.4 cm³/mol. The van der Waals surface area contributed by atoms with Crippen molar-refractivity contribution >= 4 is 11.9 Å². The lowest BCUT2D eigenvalue weighted by Crippen LogP contribution is -2.61. The summed E-state index contributed by atoms with van der Waals surface area (Å²) >= 11 is 0. The Balaban J connectivity index is 1.75. The van der Waals surface area contributed by atoms with Gasteiger partial charge in [0, 0.05) is 18.5 Å². The zero-order valence-electron chi connectivity index (χ0n) is 10.3. The second-order valence-corrected chi connectivity index (χ2v) is 4.98. The highest BCUT2D eigenvalue weighted by molar-refractivity contribution is 5.94. The van der Waals surface area contributed by atoms with E-state index in [2.05, 4.69) is 5.32 Å². The van der Waals surface area contributed by atoms with E-state index in [4.69, 9.17) is 4.74 Å². The fourth-order valence-electron chi connectivity index (χ4n) is 2.66. The lowest BCUT2D eigenvalue weighted by Gasteiger charge is -2.52. The van der Waals surface area contributed by atoms with Crippen molar-refractivity contribution in [1.29, 1.82) is 0 Å². The first-order valence-corrected chi connectivity index (χ1v) is 6.29. The van der Waals surface area contributed by atoms with Crippen LogP contribution in [0, 0.1) is 5.41 Å². The summed E-state index contributed by atoms with van der Waals surface area (Å²) < 4.78 is 4.77. The van der Waals surface area contributed by atoms with Crippen LogP contribution in [0.1, 0.15) is 26.2 Å². The highest BCUT2D eigenvalue weighted by Crippen LogP contribution is 2.38. The fourth-order valence-corrected chi connectivity index (χ4v) is 2.66. The van der Waals surface area contributed by atoms with E-state index in [-0.39, 0.29) is 12.3 Å². The summed E-state index contributed by atoms with van der Waals surface area (Å²) in [6, 6.07) is 0. The summed E-state index contributed by atoms with van der Waals surface area (Å²) in [6.45, 7) is 5.79. The highest BCUT2D eigenvalue weighted by atomic mass is 16.5. The van der Waals surface area contributed by atoms with Gasteiger partial charge in [-0.25, -0.2) is 0 Å². The van der Waals surface area contributed by atoms with E-state index in [1.807, 2.05) is 0 Å². The Hall–Kier alpha value is -1.10. The molecule has 1 spiro atoms. The maximum Gasteiger partial charge on any atom is 0.315 e. The number of hydrogen-bond donors (Lipinski definition) is 1. The number of piperidine rings is 1. The monoisotopic (exact) mass is 240 g/mol. The van der Waals surface area contributed by atoms with Gasteiger partial charge in [0.2, 0.25) is 5.91 Å². The first-order chi connectivity index (χ1) is 8.15. The Bertz CT molecular complexity index is 303. The average molecular weight is 240 g/mol. The Kier molecular flexibility index (Phi) is 3.66. The van der Waals surface area contributed by atoms with Crippen LogP contribution in [-0.2, 0) is 14.3 Å². The third-order valence-corrected chi connectivity index (χ3v) is 3.67. The van der Waals surface area contributed by atoms with E-state index in [0.29, 0.717) is 12.0 Å². The van der Waals surface area contributed by atoms with Crippen molar-refractivity contribution in [3.63, 3.8) is 0 Å². The molecule has 2 fully saturated rings. The van der Waals surface area contributed by atoms with Crippen LogP contribution in [0.4, 0.5) is 0 Å². The summed E-state index contributed by atoms with van der Waals surface area (Å²) in [4.78, 5) is 24.7. The molecular formula is C12H20N2O3. The molecule has 2 rings (SSSR count). The van der Waals surface area contributed by atoms with Crippen molar-refractivity contribution in [2.45, 2.75) is 26.2 Å². The molecule has 0 aromatic rings. The number of carbonyl (C=O) groups is 2. The molecule has 2 aliphatic rings. The Morgan fingerprint density at radius 2 is 1.94 bits per heavy atom. The number of esters is 1. The van der Waals surface area contributed by atoms with Gasteiger partial charge in [-0.1, -0.05) is 0 Å². The molecule has 5 nitrogen and oxygen atoms in total. The van der Waals surface area contributed by atoms with Gasteiger partial charge in [0.05, 0.1) is 6.61 Å². The minimum absolute atomic E-state index is 0.0902. The molecule has 2 heterocycles. The smallest absolute Gasteiger partial charge is 0.315 e. The predicted octanol–water partition coefficient (Wildman–Crippen LogP) is 0.152. The van der Waals surface area contributed by atoms with Crippen molar-refractivity contribution in [2.75, 3.05) is 32.8 Å². The molecule has 0 aromatic heterocycles. The molecule has 0 radical (unpaired) electrons. The van der Waals surface area contributed by atoms with Gasteiger partial charge in [0.25, 0.3) is 0 Å². The topological polar surface area (TPSA) is 58.6 Å². The number of hydrogen-bond acceptors (Lipinski definition) is 4. The summed E-state index contributed by atoms with van der Waals surface area (Å²) in [7, 11) is 0. The molecule has 0 bridgehead atoms. The quantitative estimate of drug-likeness (QED) is 0.563. The summed E-state index contributed by atoms with van der Waals surface area (Å²) in [6.07, 6.45) is 2.16. The van der Waals surface area contributed by atoms with Crippen LogP contribution in [0.3, 0.4) is 0 Å². The molecular weight excluding hydrogens is 220 g/mol. The third-order valence-electron chi connectivity index (χ3n) is 3.67. The maximum atomic E-state index is 11.7. The van der Waals surface area contributed by atoms with Crippen LogP contribution in [0.5, 0.6) is 0 Å². The van der Waals surface area contributed by atoms with Crippen LogP contribution in [0.15, 0.2) is 0 Å². The van der Waals surface area contributed by atoms with Crippen molar-refractivity contribution in [3.8, 4) is 0 Å². The summed E-state index contributed by atoms with van der Waals surface area (Å²) in [5.74, 6) is -0.503. The van der Waals surface area contributed by atoms with E-state index < -0.39 is 5.97 Å². The normalized spacial score (nSPS) is 22.1. The number of amides is 1. The number of likely N-dealkylation sites (tertiary alicyclic amines) is 1. The molecule has 96 valence electrons. The second kappa shape index (κ2) is 5.04. The highest BCUT2D eigenvalue weighted by Gasteiger charge is 2.45. The van der Waals surface area contributed by atoms with Gasteiger partial charge in [-0.3, -0.25) is 9.59 Å². The van der Waals surface area contributed by atoms with Gasteiger partial charge >= 0.3 is 5.97 Å². The van der Waals surface area contributed by atoms with Gasteiger partial charge in [0.15, 0.2) is 0 Å². The summed E-state index contributed by atoms with van der Waals surface area (Å²) in [5.41, 5.74) is 0.329. The zero-order valence-corrected chi connectivity index (χ0v) is 10.3. The third kappa shape index (κ3) is 2.77. The Morgan fingerprint density at radius 1 is 1.29 bits per heavy atom. The average Bonchev–Trinajstić information content (AvgIpc) is 2.27. The van der Waals surface area contributed by atoms with Crippen molar-refractivity contribution in [3.05, 3.63) is 0 Å². The minimum Gasteiger partial charge on any atom is -0.466 e. The van der Waals surface area contributed by atoms with Crippen LogP contribution >= 0.6 is 0 Å². The minimum atomic E-state index is -0.413. The molecule has 0 aliphatic carbocycles. The molecule has 17 heavy (non-hydrogen) atoms. The summed E-state index contributed by atoms with van der Waals surface area (Å²) in [5, 5.41) is 3.32. The number of nitrogens with one attached hydrogen (secondary N) is 1. The largest absolute Gasteiger partial charge is 0.466 e. The maximum absolute atomic E-state index is 11.7. The SMILES string of the molecule is CCOC(=O)CC(=O)N1CC2(CCNCC2)C1. The van der Waals surface area contributed by atoms with Gasteiger partial charge in [-0.05, 0) is 32.9 Å². The number of ether oxygens (including phenoxy) is 1. The standard InChI is InChI=1S/C12H20N2O3/c1-2-17-11(16)7-10(15)14-8-12(9-14)3-5-13-6-4-12/h13H,2-9H2,1H3. The van der Waals surface area contributed by atoms with Crippen LogP contribution in [0.2, 0.25) is 0 Å². The van der Waals surface area contributed by atoms with E-state index in [9.17, 15) is 9.59 Å². The van der Waals surface area contributed by atoms with E-state index in [1.54, 1.807) is 11.8 Å². The van der Waals surface area contributed by atoms with E-state index in [0.717, 1.165) is 39.0 Å².